The summed E-state index contributed by atoms with van der Waals surface area (Å²) in [7, 11) is -3.58. The van der Waals surface area contributed by atoms with Crippen LogP contribution < -0.4 is 9.79 Å². The molecule has 2 aromatic rings. The summed E-state index contributed by atoms with van der Waals surface area (Å²) in [5.74, 6) is -0.503. The fourth-order valence-electron chi connectivity index (χ4n) is 2.73. The number of hydrogen-bond acceptors (Lipinski definition) is 4. The monoisotopic (exact) mass is 332 g/mol. The quantitative estimate of drug-likeness (QED) is 0.656. The largest absolute Gasteiger partial charge is 0.289 e. The van der Waals surface area contributed by atoms with Crippen molar-refractivity contribution in [3.8, 4) is 0 Å². The summed E-state index contributed by atoms with van der Waals surface area (Å²) in [6, 6.07) is 13.5. The minimum absolute atomic E-state index is 0.0508. The van der Waals surface area contributed by atoms with Crippen LogP contribution in [0.2, 0.25) is 0 Å². The average molecular weight is 332 g/mol. The van der Waals surface area contributed by atoms with E-state index in [1.807, 2.05) is 6.07 Å². The number of anilines is 1. The van der Waals surface area contributed by atoms with E-state index in [2.05, 4.69) is 0 Å². The van der Waals surface area contributed by atoms with Gasteiger partial charge in [0.25, 0.3) is 10.0 Å². The average Bonchev–Trinajstić information content (AvgIpc) is 2.99. The fourth-order valence-corrected chi connectivity index (χ4v) is 4.25. The van der Waals surface area contributed by atoms with Crippen LogP contribution in [0.4, 0.5) is 5.69 Å². The molecule has 6 nitrogen and oxygen atoms in total. The number of amides is 1. The van der Waals surface area contributed by atoms with Gasteiger partial charge in [-0.05, 0) is 35.7 Å². The van der Waals surface area contributed by atoms with E-state index >= 15 is 0 Å². The van der Waals surface area contributed by atoms with E-state index in [0.717, 1.165) is 11.1 Å². The summed E-state index contributed by atoms with van der Waals surface area (Å²) >= 11 is 0. The van der Waals surface area contributed by atoms with Gasteiger partial charge in [-0.1, -0.05) is 30.3 Å². The van der Waals surface area contributed by atoms with Gasteiger partial charge >= 0.3 is 0 Å². The molecule has 0 saturated carbocycles. The van der Waals surface area contributed by atoms with Crippen molar-refractivity contribution in [3.05, 3.63) is 59.7 Å². The van der Waals surface area contributed by atoms with Gasteiger partial charge in [-0.2, -0.15) is 0 Å². The molecule has 120 valence electrons. The van der Waals surface area contributed by atoms with Crippen LogP contribution in [0, 0.1) is 0 Å². The molecular weight excluding hydrogens is 316 g/mol. The summed E-state index contributed by atoms with van der Waals surface area (Å²) in [5, 5.41) is 8.58. The standard InChI is InChI=1S/C16H16N2O4S/c19-16(17-20)11-12-6-7-15-13(10-12)8-9-18(15)23(21,22)14-4-2-1-3-5-14/h1-7,10,20H,8-9,11H2,(H,17,19). The first-order valence-electron chi connectivity index (χ1n) is 7.15. The Morgan fingerprint density at radius 1 is 1.17 bits per heavy atom. The molecule has 0 spiro atoms. The van der Waals surface area contributed by atoms with Crippen molar-refractivity contribution >= 4 is 21.6 Å². The van der Waals surface area contributed by atoms with Crippen molar-refractivity contribution in [2.24, 2.45) is 0 Å². The van der Waals surface area contributed by atoms with Crippen LogP contribution in [-0.4, -0.2) is 26.1 Å². The summed E-state index contributed by atoms with van der Waals surface area (Å²) in [5.41, 5.74) is 3.84. The molecule has 0 fully saturated rings. The number of fused-ring (bicyclic) bond motifs is 1. The number of hydroxylamine groups is 1. The highest BCUT2D eigenvalue weighted by Gasteiger charge is 2.30. The first kappa shape index (κ1) is 15.5. The highest BCUT2D eigenvalue weighted by atomic mass is 32.2. The van der Waals surface area contributed by atoms with Crippen LogP contribution in [0.3, 0.4) is 0 Å². The molecule has 1 amide bonds. The lowest BCUT2D eigenvalue weighted by atomic mass is 10.1. The molecule has 23 heavy (non-hydrogen) atoms. The highest BCUT2D eigenvalue weighted by Crippen LogP contribution is 2.33. The summed E-state index contributed by atoms with van der Waals surface area (Å²) in [6.07, 6.45) is 0.644. The molecule has 2 N–H and O–H groups in total. The van der Waals surface area contributed by atoms with Gasteiger partial charge in [-0.3, -0.25) is 14.3 Å². The summed E-state index contributed by atoms with van der Waals surface area (Å²) < 4.78 is 26.9. The maximum atomic E-state index is 12.7. The molecule has 0 radical (unpaired) electrons. The normalized spacial score (nSPS) is 13.7. The molecule has 3 rings (SSSR count). The Morgan fingerprint density at radius 3 is 2.61 bits per heavy atom. The van der Waals surface area contributed by atoms with Gasteiger partial charge < -0.3 is 0 Å². The van der Waals surface area contributed by atoms with Gasteiger partial charge in [-0.25, -0.2) is 13.9 Å². The van der Waals surface area contributed by atoms with Crippen molar-refractivity contribution in [3.63, 3.8) is 0 Å². The van der Waals surface area contributed by atoms with Gasteiger partial charge in [0.2, 0.25) is 5.91 Å². The van der Waals surface area contributed by atoms with Crippen LogP contribution in [0.25, 0.3) is 0 Å². The molecule has 1 aliphatic rings. The minimum atomic E-state index is -3.58. The maximum Gasteiger partial charge on any atom is 0.264 e. The van der Waals surface area contributed by atoms with Crippen molar-refractivity contribution < 1.29 is 18.4 Å². The first-order chi connectivity index (χ1) is 11.0. The topological polar surface area (TPSA) is 86.7 Å². The van der Waals surface area contributed by atoms with Crippen molar-refractivity contribution in [1.82, 2.24) is 5.48 Å². The number of rotatable bonds is 4. The zero-order chi connectivity index (χ0) is 16.4. The third kappa shape index (κ3) is 2.93. The van der Waals surface area contributed by atoms with Crippen LogP contribution >= 0.6 is 0 Å². The lowest BCUT2D eigenvalue weighted by molar-refractivity contribution is -0.128. The minimum Gasteiger partial charge on any atom is -0.289 e. The Kier molecular flexibility index (Phi) is 4.06. The molecule has 1 aliphatic heterocycles. The third-order valence-electron chi connectivity index (χ3n) is 3.82. The number of nitrogens with one attached hydrogen (secondary N) is 1. The van der Waals surface area contributed by atoms with Crippen LogP contribution in [-0.2, 0) is 27.7 Å². The highest BCUT2D eigenvalue weighted by molar-refractivity contribution is 7.92. The zero-order valence-electron chi connectivity index (χ0n) is 12.3. The molecule has 0 aliphatic carbocycles. The summed E-state index contributed by atoms with van der Waals surface area (Å²) in [4.78, 5) is 11.5. The lowest BCUT2D eigenvalue weighted by Gasteiger charge is -2.19. The Balaban J connectivity index is 1.92. The molecule has 0 unspecified atom stereocenters. The number of hydrogen-bond donors (Lipinski definition) is 2. The van der Waals surface area contributed by atoms with Gasteiger partial charge in [0, 0.05) is 6.54 Å². The molecule has 0 atom stereocenters. The third-order valence-corrected chi connectivity index (χ3v) is 5.64. The van der Waals surface area contributed by atoms with E-state index in [-0.39, 0.29) is 11.3 Å². The van der Waals surface area contributed by atoms with Crippen molar-refractivity contribution in [1.29, 1.82) is 0 Å². The number of nitrogens with zero attached hydrogens (tertiary/aromatic N) is 1. The van der Waals surface area contributed by atoms with Crippen LogP contribution in [0.5, 0.6) is 0 Å². The second-order valence-corrected chi connectivity index (χ2v) is 7.18. The molecule has 0 saturated heterocycles. The maximum absolute atomic E-state index is 12.7. The van der Waals surface area contributed by atoms with Crippen LogP contribution in [0.15, 0.2) is 53.4 Å². The SMILES string of the molecule is O=C(Cc1ccc2c(c1)CCN2S(=O)(=O)c1ccccc1)NO. The van der Waals surface area contributed by atoms with Crippen LogP contribution in [0.1, 0.15) is 11.1 Å². The van der Waals surface area contributed by atoms with E-state index in [1.165, 1.54) is 4.31 Å². The zero-order valence-corrected chi connectivity index (χ0v) is 13.1. The van der Waals surface area contributed by atoms with E-state index in [0.29, 0.717) is 18.7 Å². The fraction of sp³-hybridized carbons (Fsp3) is 0.188. The molecule has 0 aromatic heterocycles. The van der Waals surface area contributed by atoms with E-state index in [4.69, 9.17) is 5.21 Å². The molecule has 2 aromatic carbocycles. The Hall–Kier alpha value is -2.38. The molecule has 0 bridgehead atoms. The summed E-state index contributed by atoms with van der Waals surface area (Å²) in [6.45, 7) is 0.377. The lowest BCUT2D eigenvalue weighted by Crippen LogP contribution is -2.29. The van der Waals surface area contributed by atoms with Gasteiger partial charge in [0.15, 0.2) is 0 Å². The Bertz CT molecular complexity index is 834. The predicted molar refractivity (Wildman–Crippen MR) is 84.8 cm³/mol. The van der Waals surface area contributed by atoms with Gasteiger partial charge in [-0.15, -0.1) is 0 Å². The predicted octanol–water partition coefficient (Wildman–Crippen LogP) is 1.49. The number of carbonyl (C=O) groups is 1. The molecular formula is C16H16N2O4S. The van der Waals surface area contributed by atoms with E-state index in [9.17, 15) is 13.2 Å². The Labute approximate surface area is 134 Å². The molecule has 7 heteroatoms. The van der Waals surface area contributed by atoms with Gasteiger partial charge in [0.05, 0.1) is 17.0 Å². The number of carbonyl (C=O) groups excluding carboxylic acids is 1. The van der Waals surface area contributed by atoms with Gasteiger partial charge in [0.1, 0.15) is 0 Å². The van der Waals surface area contributed by atoms with Crippen molar-refractivity contribution in [2.75, 3.05) is 10.8 Å². The number of sulfonamides is 1. The Morgan fingerprint density at radius 2 is 1.91 bits per heavy atom. The first-order valence-corrected chi connectivity index (χ1v) is 8.59. The second-order valence-electron chi connectivity index (χ2n) is 5.32. The number of benzene rings is 2. The van der Waals surface area contributed by atoms with E-state index in [1.54, 1.807) is 47.9 Å². The van der Waals surface area contributed by atoms with Crippen molar-refractivity contribution in [2.45, 2.75) is 17.7 Å². The second kappa shape index (κ2) is 6.02. The molecule has 1 heterocycles. The van der Waals surface area contributed by atoms with E-state index < -0.39 is 15.9 Å². The smallest absolute Gasteiger partial charge is 0.264 e.